The fourth-order valence-electron chi connectivity index (χ4n) is 3.42. The van der Waals surface area contributed by atoms with Gasteiger partial charge in [-0.15, -0.1) is 0 Å². The van der Waals surface area contributed by atoms with E-state index in [-0.39, 0.29) is 5.91 Å². The summed E-state index contributed by atoms with van der Waals surface area (Å²) in [7, 11) is 0. The Labute approximate surface area is 126 Å². The maximum atomic E-state index is 12.6. The van der Waals surface area contributed by atoms with E-state index in [0.717, 1.165) is 50.6 Å². The van der Waals surface area contributed by atoms with Gasteiger partial charge in [-0.1, -0.05) is 0 Å². The number of carbonyl (C=O) groups excluding carboxylic acids is 1. The van der Waals surface area contributed by atoms with Gasteiger partial charge in [-0.25, -0.2) is 0 Å². The summed E-state index contributed by atoms with van der Waals surface area (Å²) in [6.45, 7) is 6.06. The molecule has 1 amide bonds. The monoisotopic (exact) mass is 285 g/mol. The topological polar surface area (TPSA) is 35.6 Å². The second-order valence-electron chi connectivity index (χ2n) is 6.58. The second kappa shape index (κ2) is 5.34. The van der Waals surface area contributed by atoms with Crippen LogP contribution in [0.2, 0.25) is 0 Å². The molecular weight excluding hydrogens is 262 g/mol. The van der Waals surface area contributed by atoms with Crippen molar-refractivity contribution in [1.29, 1.82) is 0 Å². The normalized spacial score (nSPS) is 22.0. The lowest BCUT2D eigenvalue weighted by atomic mass is 10.1. The van der Waals surface area contributed by atoms with E-state index in [9.17, 15) is 4.79 Å². The van der Waals surface area contributed by atoms with Crippen LogP contribution in [0.3, 0.4) is 0 Å². The third-order valence-electron chi connectivity index (χ3n) is 4.93. The molecule has 1 aromatic carbocycles. The van der Waals surface area contributed by atoms with Crippen LogP contribution in [0.1, 0.15) is 28.8 Å². The third kappa shape index (κ3) is 2.77. The van der Waals surface area contributed by atoms with E-state index in [4.69, 9.17) is 0 Å². The Morgan fingerprint density at radius 3 is 2.76 bits per heavy atom. The lowest BCUT2D eigenvalue weighted by Crippen LogP contribution is -2.49. The van der Waals surface area contributed by atoms with Crippen LogP contribution in [0.4, 0.5) is 5.69 Å². The molecule has 4 heteroatoms. The summed E-state index contributed by atoms with van der Waals surface area (Å²) in [5.41, 5.74) is 3.34. The molecule has 0 spiro atoms. The molecule has 1 aliphatic carbocycles. The van der Waals surface area contributed by atoms with Gasteiger partial charge in [0.25, 0.3) is 5.91 Å². The van der Waals surface area contributed by atoms with Crippen molar-refractivity contribution in [3.63, 3.8) is 0 Å². The minimum absolute atomic E-state index is 0.204. The molecular formula is C17H23N3O. The van der Waals surface area contributed by atoms with Crippen molar-refractivity contribution >= 4 is 11.6 Å². The molecule has 0 radical (unpaired) electrons. The summed E-state index contributed by atoms with van der Waals surface area (Å²) >= 11 is 0. The molecule has 2 aliphatic heterocycles. The first-order valence-electron chi connectivity index (χ1n) is 8.18. The third-order valence-corrected chi connectivity index (χ3v) is 4.93. The van der Waals surface area contributed by atoms with E-state index in [1.165, 1.54) is 30.6 Å². The molecule has 2 fully saturated rings. The van der Waals surface area contributed by atoms with Crippen molar-refractivity contribution in [3.8, 4) is 0 Å². The van der Waals surface area contributed by atoms with Gasteiger partial charge in [0.2, 0.25) is 0 Å². The number of rotatable bonds is 3. The predicted octanol–water partition coefficient (Wildman–Crippen LogP) is 1.82. The number of hydrogen-bond acceptors (Lipinski definition) is 3. The Hall–Kier alpha value is -1.55. The smallest absolute Gasteiger partial charge is 0.253 e. The molecule has 1 aromatic rings. The van der Waals surface area contributed by atoms with Crippen molar-refractivity contribution < 1.29 is 4.79 Å². The molecule has 4 nitrogen and oxygen atoms in total. The van der Waals surface area contributed by atoms with E-state index in [0.29, 0.717) is 0 Å². The van der Waals surface area contributed by atoms with E-state index in [1.54, 1.807) is 0 Å². The number of carbonyl (C=O) groups is 1. The number of fused-ring (bicyclic) bond motifs is 1. The van der Waals surface area contributed by atoms with Gasteiger partial charge >= 0.3 is 0 Å². The Morgan fingerprint density at radius 2 is 2.00 bits per heavy atom. The first-order valence-corrected chi connectivity index (χ1v) is 8.18. The van der Waals surface area contributed by atoms with Crippen molar-refractivity contribution in [3.05, 3.63) is 29.3 Å². The highest BCUT2D eigenvalue weighted by molar-refractivity contribution is 5.95. The maximum Gasteiger partial charge on any atom is 0.253 e. The molecule has 21 heavy (non-hydrogen) atoms. The highest BCUT2D eigenvalue weighted by Gasteiger charge is 2.28. The fraction of sp³-hybridized carbons (Fsp3) is 0.588. The number of amides is 1. The minimum Gasteiger partial charge on any atom is -0.384 e. The van der Waals surface area contributed by atoms with Crippen LogP contribution < -0.4 is 5.32 Å². The van der Waals surface area contributed by atoms with E-state index >= 15 is 0 Å². The summed E-state index contributed by atoms with van der Waals surface area (Å²) in [4.78, 5) is 17.2. The lowest BCUT2D eigenvalue weighted by molar-refractivity contribution is 0.0632. The molecule has 0 unspecified atom stereocenters. The molecule has 112 valence electrons. The average Bonchev–Trinajstić information content (AvgIpc) is 3.21. The maximum absolute atomic E-state index is 12.6. The number of anilines is 1. The molecule has 0 bridgehead atoms. The number of hydrogen-bond donors (Lipinski definition) is 1. The summed E-state index contributed by atoms with van der Waals surface area (Å²) in [5.74, 6) is 1.15. The van der Waals surface area contributed by atoms with Crippen LogP contribution in [-0.2, 0) is 6.42 Å². The van der Waals surface area contributed by atoms with Gasteiger partial charge in [-0.3, -0.25) is 9.69 Å². The van der Waals surface area contributed by atoms with Gasteiger partial charge in [0.1, 0.15) is 0 Å². The van der Waals surface area contributed by atoms with Crippen molar-refractivity contribution in [2.24, 2.45) is 5.92 Å². The fourth-order valence-corrected chi connectivity index (χ4v) is 3.42. The molecule has 1 N–H and O–H groups in total. The van der Waals surface area contributed by atoms with Gasteiger partial charge in [0, 0.05) is 50.5 Å². The Morgan fingerprint density at radius 1 is 1.19 bits per heavy atom. The molecule has 1 saturated carbocycles. The number of nitrogens with one attached hydrogen (secondary N) is 1. The number of piperazine rings is 1. The van der Waals surface area contributed by atoms with Crippen LogP contribution in [0.25, 0.3) is 0 Å². The highest BCUT2D eigenvalue weighted by Crippen LogP contribution is 2.30. The predicted molar refractivity (Wildman–Crippen MR) is 83.7 cm³/mol. The zero-order valence-electron chi connectivity index (χ0n) is 12.5. The number of benzene rings is 1. The Bertz CT molecular complexity index is 545. The highest BCUT2D eigenvalue weighted by atomic mass is 16.2. The van der Waals surface area contributed by atoms with Gasteiger partial charge in [0.05, 0.1) is 0 Å². The quantitative estimate of drug-likeness (QED) is 0.920. The zero-order chi connectivity index (χ0) is 14.2. The van der Waals surface area contributed by atoms with E-state index in [2.05, 4.69) is 22.3 Å². The first-order chi connectivity index (χ1) is 10.3. The van der Waals surface area contributed by atoms with Crippen LogP contribution in [-0.4, -0.2) is 55.0 Å². The Kier molecular flexibility index (Phi) is 3.34. The summed E-state index contributed by atoms with van der Waals surface area (Å²) in [5, 5.41) is 3.34. The lowest BCUT2D eigenvalue weighted by Gasteiger charge is -2.34. The van der Waals surface area contributed by atoms with Crippen molar-refractivity contribution in [1.82, 2.24) is 9.80 Å². The molecule has 2 heterocycles. The molecule has 0 atom stereocenters. The van der Waals surface area contributed by atoms with Crippen LogP contribution >= 0.6 is 0 Å². The average molecular weight is 285 g/mol. The minimum atomic E-state index is 0.204. The van der Waals surface area contributed by atoms with Crippen molar-refractivity contribution in [2.45, 2.75) is 19.3 Å². The van der Waals surface area contributed by atoms with E-state index < -0.39 is 0 Å². The van der Waals surface area contributed by atoms with Crippen LogP contribution in [0, 0.1) is 5.92 Å². The van der Waals surface area contributed by atoms with Crippen LogP contribution in [0.5, 0.6) is 0 Å². The van der Waals surface area contributed by atoms with Crippen molar-refractivity contribution in [2.75, 3.05) is 44.6 Å². The molecule has 3 aliphatic rings. The summed E-state index contributed by atoms with van der Waals surface area (Å²) < 4.78 is 0. The Balaban J connectivity index is 1.38. The zero-order valence-corrected chi connectivity index (χ0v) is 12.5. The SMILES string of the molecule is O=C(c1ccc2c(c1)CCN2)N1CCN(CC2CC2)CC1. The van der Waals surface area contributed by atoms with Gasteiger partial charge in [-0.2, -0.15) is 0 Å². The standard InChI is InChI=1S/C17H23N3O/c21-17(15-3-4-16-14(11-15)5-6-18-16)20-9-7-19(8-10-20)12-13-1-2-13/h3-4,11,13,18H,1-2,5-10,12H2. The largest absolute Gasteiger partial charge is 0.384 e. The van der Waals surface area contributed by atoms with E-state index in [1.807, 2.05) is 11.0 Å². The summed E-state index contributed by atoms with van der Waals surface area (Å²) in [6, 6.07) is 6.10. The molecule has 4 rings (SSSR count). The van der Waals surface area contributed by atoms with Gasteiger partial charge < -0.3 is 10.2 Å². The molecule has 0 aromatic heterocycles. The van der Waals surface area contributed by atoms with Crippen LogP contribution in [0.15, 0.2) is 18.2 Å². The van der Waals surface area contributed by atoms with Gasteiger partial charge in [0.15, 0.2) is 0 Å². The first kappa shape index (κ1) is 13.1. The second-order valence-corrected chi connectivity index (χ2v) is 6.58. The van der Waals surface area contributed by atoms with Gasteiger partial charge in [-0.05, 0) is 48.9 Å². The number of nitrogens with zero attached hydrogens (tertiary/aromatic N) is 2. The molecule has 1 saturated heterocycles. The summed E-state index contributed by atoms with van der Waals surface area (Å²) in [6.07, 6.45) is 3.84.